The number of ether oxygens (including phenoxy) is 1. The fraction of sp³-hybridized carbons (Fsp3) is 0.227. The van der Waals surface area contributed by atoms with Crippen molar-refractivity contribution >= 4 is 45.7 Å². The highest BCUT2D eigenvalue weighted by Gasteiger charge is 2.22. The quantitative estimate of drug-likeness (QED) is 0.643. The molecule has 1 atom stereocenters. The lowest BCUT2D eigenvalue weighted by molar-refractivity contribution is -0.139. The number of anilines is 2. The predicted molar refractivity (Wildman–Crippen MR) is 119 cm³/mol. The third-order valence-corrected chi connectivity index (χ3v) is 5.61. The molecule has 1 aliphatic rings. The van der Waals surface area contributed by atoms with Crippen LogP contribution >= 0.6 is 11.8 Å². The fourth-order valence-corrected chi connectivity index (χ4v) is 3.78. The molecule has 2 aromatic carbocycles. The lowest BCUT2D eigenvalue weighted by Crippen LogP contribution is -2.25. The number of thioether (sulfide) groups is 1. The number of carbonyl (C=O) groups excluding carboxylic acids is 2. The standard InChI is InChI=1S/C22H22FN3O3S/c1-3-19(22(28)25-15-10-8-14(23)9-11-15)30-20-12-16(13-21(27)29-2)24-17-6-4-5-7-18(17)26-20/h4-12,19,24H,3,13H2,1-2H3,(H,25,28)/t19-/m0/s1. The van der Waals surface area contributed by atoms with Crippen LogP contribution < -0.4 is 10.6 Å². The maximum atomic E-state index is 13.1. The van der Waals surface area contributed by atoms with E-state index in [-0.39, 0.29) is 24.1 Å². The molecule has 1 aliphatic heterocycles. The average molecular weight is 428 g/mol. The molecular formula is C22H22FN3O3S. The molecule has 0 spiro atoms. The predicted octanol–water partition coefficient (Wildman–Crippen LogP) is 4.88. The van der Waals surface area contributed by atoms with Gasteiger partial charge in [-0.25, -0.2) is 9.38 Å². The number of benzene rings is 2. The molecule has 1 heterocycles. The Balaban J connectivity index is 1.81. The van der Waals surface area contributed by atoms with Gasteiger partial charge in [-0.15, -0.1) is 0 Å². The minimum atomic E-state index is -0.422. The van der Waals surface area contributed by atoms with Gasteiger partial charge < -0.3 is 15.4 Å². The van der Waals surface area contributed by atoms with Crippen LogP contribution in [0.1, 0.15) is 19.8 Å². The smallest absolute Gasteiger partial charge is 0.311 e. The molecule has 2 N–H and O–H groups in total. The summed E-state index contributed by atoms with van der Waals surface area (Å²) < 4.78 is 17.9. The average Bonchev–Trinajstić information content (AvgIpc) is 2.91. The largest absolute Gasteiger partial charge is 0.469 e. The molecule has 0 radical (unpaired) electrons. The Morgan fingerprint density at radius 3 is 2.63 bits per heavy atom. The summed E-state index contributed by atoms with van der Waals surface area (Å²) in [6.07, 6.45) is 2.38. The molecule has 30 heavy (non-hydrogen) atoms. The van der Waals surface area contributed by atoms with Crippen molar-refractivity contribution in [3.8, 4) is 0 Å². The summed E-state index contributed by atoms with van der Waals surface area (Å²) in [6, 6.07) is 13.1. The minimum Gasteiger partial charge on any atom is -0.469 e. The summed E-state index contributed by atoms with van der Waals surface area (Å²) in [5, 5.41) is 6.20. The molecule has 0 saturated carbocycles. The number of para-hydroxylation sites is 2. The molecule has 0 unspecified atom stereocenters. The Bertz CT molecular complexity index is 989. The molecule has 0 aromatic heterocycles. The van der Waals surface area contributed by atoms with E-state index in [1.807, 2.05) is 31.2 Å². The van der Waals surface area contributed by atoms with Crippen LogP contribution in [0.5, 0.6) is 0 Å². The molecule has 8 heteroatoms. The number of hydrogen-bond donors (Lipinski definition) is 2. The van der Waals surface area contributed by atoms with Crippen LogP contribution in [0.4, 0.5) is 21.5 Å². The summed E-state index contributed by atoms with van der Waals surface area (Å²) in [5.74, 6) is -0.944. The number of nitrogens with one attached hydrogen (secondary N) is 2. The maximum Gasteiger partial charge on any atom is 0.311 e. The highest BCUT2D eigenvalue weighted by molar-refractivity contribution is 8.15. The van der Waals surface area contributed by atoms with E-state index in [1.54, 1.807) is 6.08 Å². The van der Waals surface area contributed by atoms with Crippen molar-refractivity contribution in [2.24, 2.45) is 4.99 Å². The van der Waals surface area contributed by atoms with Gasteiger partial charge in [-0.05, 0) is 48.9 Å². The van der Waals surface area contributed by atoms with Gasteiger partial charge in [-0.2, -0.15) is 0 Å². The number of carbonyl (C=O) groups is 2. The number of nitrogens with zero attached hydrogens (tertiary/aromatic N) is 1. The highest BCUT2D eigenvalue weighted by Crippen LogP contribution is 2.32. The van der Waals surface area contributed by atoms with Gasteiger partial charge >= 0.3 is 5.97 Å². The Hall–Kier alpha value is -3.13. The number of hydrogen-bond acceptors (Lipinski definition) is 6. The Morgan fingerprint density at radius 1 is 1.20 bits per heavy atom. The molecule has 2 aromatic rings. The molecule has 0 saturated heterocycles. The van der Waals surface area contributed by atoms with Crippen molar-refractivity contribution in [3.63, 3.8) is 0 Å². The van der Waals surface area contributed by atoms with E-state index in [9.17, 15) is 14.0 Å². The maximum absolute atomic E-state index is 13.1. The second-order valence-electron chi connectivity index (χ2n) is 6.53. The van der Waals surface area contributed by atoms with Crippen LogP contribution in [0, 0.1) is 5.82 Å². The SMILES string of the molecule is CC[C@H](SC1=Nc2ccccc2NC(CC(=O)OC)=C1)C(=O)Nc1ccc(F)cc1. The fourth-order valence-electron chi connectivity index (χ4n) is 2.79. The van der Waals surface area contributed by atoms with E-state index in [1.165, 1.54) is 43.1 Å². The van der Waals surface area contributed by atoms with E-state index < -0.39 is 5.25 Å². The van der Waals surface area contributed by atoms with Gasteiger partial charge in [0.05, 0.1) is 35.2 Å². The van der Waals surface area contributed by atoms with Gasteiger partial charge in [-0.3, -0.25) is 9.59 Å². The van der Waals surface area contributed by atoms with Gasteiger partial charge in [-0.1, -0.05) is 30.8 Å². The van der Waals surface area contributed by atoms with Crippen LogP contribution in [-0.2, 0) is 14.3 Å². The number of fused-ring (bicyclic) bond motifs is 1. The first-order chi connectivity index (χ1) is 14.5. The molecule has 0 fully saturated rings. The Kier molecular flexibility index (Phi) is 7.24. The van der Waals surface area contributed by atoms with Crippen molar-refractivity contribution in [3.05, 3.63) is 66.1 Å². The summed E-state index contributed by atoms with van der Waals surface area (Å²) in [5.41, 5.74) is 2.64. The normalized spacial score (nSPS) is 13.7. The number of methoxy groups -OCH3 is 1. The zero-order valence-corrected chi connectivity index (χ0v) is 17.5. The minimum absolute atomic E-state index is 0.0585. The molecule has 0 aliphatic carbocycles. The van der Waals surface area contributed by atoms with Gasteiger partial charge in [0, 0.05) is 11.4 Å². The molecule has 156 valence electrons. The van der Waals surface area contributed by atoms with Gasteiger partial charge in [0.2, 0.25) is 5.91 Å². The van der Waals surface area contributed by atoms with E-state index in [4.69, 9.17) is 4.74 Å². The topological polar surface area (TPSA) is 79.8 Å². The molecular weight excluding hydrogens is 405 g/mol. The molecule has 1 amide bonds. The van der Waals surface area contributed by atoms with Crippen molar-refractivity contribution in [1.82, 2.24) is 0 Å². The van der Waals surface area contributed by atoms with Crippen molar-refractivity contribution < 1.29 is 18.7 Å². The molecule has 6 nitrogen and oxygen atoms in total. The lowest BCUT2D eigenvalue weighted by Gasteiger charge is -2.15. The van der Waals surface area contributed by atoms with Crippen molar-refractivity contribution in [2.75, 3.05) is 17.7 Å². The van der Waals surface area contributed by atoms with E-state index in [0.717, 1.165) is 5.69 Å². The van der Waals surface area contributed by atoms with Crippen molar-refractivity contribution in [2.45, 2.75) is 25.0 Å². The van der Waals surface area contributed by atoms with Crippen LogP contribution in [-0.4, -0.2) is 29.3 Å². The van der Waals surface area contributed by atoms with Gasteiger partial charge in [0.1, 0.15) is 5.82 Å². The van der Waals surface area contributed by atoms with Crippen LogP contribution in [0.15, 0.2) is 65.3 Å². The summed E-state index contributed by atoms with van der Waals surface area (Å²) in [4.78, 5) is 29.2. The second kappa shape index (κ2) is 10.1. The first-order valence-electron chi connectivity index (χ1n) is 9.43. The van der Waals surface area contributed by atoms with Crippen molar-refractivity contribution in [1.29, 1.82) is 0 Å². The third-order valence-electron chi connectivity index (χ3n) is 4.33. The Morgan fingerprint density at radius 2 is 1.93 bits per heavy atom. The zero-order chi connectivity index (χ0) is 21.5. The van der Waals surface area contributed by atoms with Crippen LogP contribution in [0.3, 0.4) is 0 Å². The van der Waals surface area contributed by atoms with Crippen LogP contribution in [0.25, 0.3) is 0 Å². The monoisotopic (exact) mass is 427 g/mol. The number of aliphatic imine (C=N–C) groups is 1. The second-order valence-corrected chi connectivity index (χ2v) is 7.75. The molecule has 3 rings (SSSR count). The lowest BCUT2D eigenvalue weighted by atomic mass is 10.2. The summed E-state index contributed by atoms with van der Waals surface area (Å²) in [6.45, 7) is 1.91. The first kappa shape index (κ1) is 21.6. The summed E-state index contributed by atoms with van der Waals surface area (Å²) >= 11 is 1.31. The van der Waals surface area contributed by atoms with Gasteiger partial charge in [0.15, 0.2) is 0 Å². The number of esters is 1. The third kappa shape index (κ3) is 5.70. The van der Waals surface area contributed by atoms with Crippen LogP contribution in [0.2, 0.25) is 0 Å². The molecule has 0 bridgehead atoms. The van der Waals surface area contributed by atoms with E-state index in [2.05, 4.69) is 15.6 Å². The first-order valence-corrected chi connectivity index (χ1v) is 10.3. The number of halogens is 1. The van der Waals surface area contributed by atoms with Gasteiger partial charge in [0.25, 0.3) is 0 Å². The number of rotatable bonds is 6. The summed E-state index contributed by atoms with van der Waals surface area (Å²) in [7, 11) is 1.34. The Labute approximate surface area is 178 Å². The van der Waals surface area contributed by atoms with E-state index in [0.29, 0.717) is 28.5 Å². The highest BCUT2D eigenvalue weighted by atomic mass is 32.2. The van der Waals surface area contributed by atoms with E-state index >= 15 is 0 Å². The number of amides is 1. The zero-order valence-electron chi connectivity index (χ0n) is 16.6.